The molecule has 2 radical (unpaired) electrons. The number of aliphatic hydroxyl groups is 2. The van der Waals surface area contributed by atoms with Gasteiger partial charge in [0.25, 0.3) is 0 Å². The van der Waals surface area contributed by atoms with Crippen molar-refractivity contribution in [2.24, 2.45) is 0 Å². The lowest BCUT2D eigenvalue weighted by atomic mass is 10.1. The summed E-state index contributed by atoms with van der Waals surface area (Å²) < 4.78 is 1.33. The van der Waals surface area contributed by atoms with E-state index in [1.807, 2.05) is 0 Å². The Hall–Kier alpha value is -1.65. The first kappa shape index (κ1) is 26.4. The third kappa shape index (κ3) is 11.5. The highest BCUT2D eigenvalue weighted by molar-refractivity contribution is 7.99. The molecule has 0 fully saturated rings. The van der Waals surface area contributed by atoms with Gasteiger partial charge in [-0.2, -0.15) is 11.8 Å². The van der Waals surface area contributed by atoms with Gasteiger partial charge in [0.05, 0.1) is 25.5 Å². The molecular weight excluding hydrogens is 406 g/mol. The number of thioether (sulfide) groups is 1. The van der Waals surface area contributed by atoms with E-state index in [0.29, 0.717) is 17.9 Å². The summed E-state index contributed by atoms with van der Waals surface area (Å²) in [5, 5.41) is 31.4. The number of nitrogens with zero attached hydrogens (tertiary/aromatic N) is 3. The van der Waals surface area contributed by atoms with Crippen molar-refractivity contribution in [1.29, 1.82) is 0 Å². The van der Waals surface area contributed by atoms with Crippen molar-refractivity contribution in [3.05, 3.63) is 19.5 Å². The lowest BCUT2D eigenvalue weighted by molar-refractivity contribution is -0.126. The number of hydrogen-bond acceptors (Lipinski definition) is 7. The number of rotatable bonds is 17. The summed E-state index contributed by atoms with van der Waals surface area (Å²) in [6.45, 7) is 5.50. The summed E-state index contributed by atoms with van der Waals surface area (Å²) in [6.07, 6.45) is 9.20. The largest absolute Gasteiger partial charge is 0.394 e. The van der Waals surface area contributed by atoms with E-state index in [0.717, 1.165) is 19.3 Å². The molecule has 0 aliphatic carbocycles. The van der Waals surface area contributed by atoms with Gasteiger partial charge in [-0.15, -0.1) is 5.10 Å². The van der Waals surface area contributed by atoms with Crippen molar-refractivity contribution in [2.75, 3.05) is 23.4 Å². The molecule has 1 heterocycles. The molecule has 1 aromatic heterocycles. The van der Waals surface area contributed by atoms with Crippen molar-refractivity contribution in [3.63, 3.8) is 0 Å². The maximum Gasteiger partial charge on any atom is 0.249 e. The van der Waals surface area contributed by atoms with Crippen LogP contribution in [-0.4, -0.2) is 67.3 Å². The topological polar surface area (TPSA) is 129 Å². The lowest BCUT2D eigenvalue weighted by Gasteiger charge is -2.17. The first-order valence-corrected chi connectivity index (χ1v) is 11.6. The third-order valence-corrected chi connectivity index (χ3v) is 5.37. The first-order valence-electron chi connectivity index (χ1n) is 10.5. The van der Waals surface area contributed by atoms with E-state index in [1.54, 1.807) is 6.42 Å². The molecule has 0 aliphatic heterocycles. The summed E-state index contributed by atoms with van der Waals surface area (Å²) in [6, 6.07) is -0.698. The average molecular weight is 442 g/mol. The van der Waals surface area contributed by atoms with Crippen LogP contribution in [-0.2, 0) is 16.1 Å². The predicted octanol–water partition coefficient (Wildman–Crippen LogP) is 1.58. The third-order valence-electron chi connectivity index (χ3n) is 4.33. The van der Waals surface area contributed by atoms with Crippen LogP contribution in [0.1, 0.15) is 51.9 Å². The Kier molecular flexibility index (Phi) is 14.2. The Balaban J connectivity index is 2.52. The number of hydrogen-bond donors (Lipinski definition) is 4. The Labute approximate surface area is 183 Å². The normalized spacial score (nSPS) is 13.1. The van der Waals surface area contributed by atoms with Crippen molar-refractivity contribution >= 4 is 29.4 Å². The van der Waals surface area contributed by atoms with E-state index in [1.165, 1.54) is 41.9 Å². The van der Waals surface area contributed by atoms with Gasteiger partial charge in [0.15, 0.2) is 5.82 Å². The molecule has 2 atom stereocenters. The van der Waals surface area contributed by atoms with Crippen LogP contribution in [0, 0.1) is 13.3 Å². The minimum Gasteiger partial charge on any atom is -0.394 e. The highest BCUT2D eigenvalue weighted by Crippen LogP contribution is 2.10. The number of carbonyl (C=O) groups is 2. The summed E-state index contributed by atoms with van der Waals surface area (Å²) in [7, 11) is 0. The molecule has 0 bridgehead atoms. The van der Waals surface area contributed by atoms with Gasteiger partial charge in [-0.05, 0) is 25.5 Å². The Bertz CT molecular complexity index is 614. The number of carbonyl (C=O) groups excluding carboxylic acids is 2. The quantitative estimate of drug-likeness (QED) is 0.270. The van der Waals surface area contributed by atoms with Gasteiger partial charge in [0, 0.05) is 12.2 Å². The number of amides is 2. The Morgan fingerprint density at radius 1 is 1.30 bits per heavy atom. The van der Waals surface area contributed by atoms with Crippen LogP contribution in [0.25, 0.3) is 0 Å². The maximum atomic E-state index is 12.6. The summed E-state index contributed by atoms with van der Waals surface area (Å²) in [4.78, 5) is 24.9. The number of nitrogens with one attached hydrogen (secondary N) is 2. The van der Waals surface area contributed by atoms with Gasteiger partial charge in [-0.25, -0.2) is 4.68 Å². The smallest absolute Gasteiger partial charge is 0.249 e. The first-order chi connectivity index (χ1) is 14.5. The molecule has 0 aromatic carbocycles. The van der Waals surface area contributed by atoms with E-state index >= 15 is 0 Å². The van der Waals surface area contributed by atoms with Gasteiger partial charge in [0.2, 0.25) is 11.8 Å². The monoisotopic (exact) mass is 441 g/mol. The van der Waals surface area contributed by atoms with Crippen LogP contribution in [0.5, 0.6) is 0 Å². The average Bonchev–Trinajstić information content (AvgIpc) is 3.16. The SMILES string of the molecule is [CH2][CH]CSC[C@@H](NC(=O)CCCCCCCC)C(=O)Nc1cn(C[C@@H](O)CO)nn1. The van der Waals surface area contributed by atoms with Crippen molar-refractivity contribution in [1.82, 2.24) is 20.3 Å². The van der Waals surface area contributed by atoms with Crippen molar-refractivity contribution < 1.29 is 19.8 Å². The molecule has 1 rings (SSSR count). The van der Waals surface area contributed by atoms with Gasteiger partial charge >= 0.3 is 0 Å². The van der Waals surface area contributed by atoms with Crippen LogP contribution in [0.15, 0.2) is 6.20 Å². The van der Waals surface area contributed by atoms with Gasteiger partial charge in [0.1, 0.15) is 6.04 Å². The van der Waals surface area contributed by atoms with Crippen molar-refractivity contribution in [3.8, 4) is 0 Å². The molecule has 0 unspecified atom stereocenters. The van der Waals surface area contributed by atoms with E-state index in [9.17, 15) is 14.7 Å². The maximum absolute atomic E-state index is 12.6. The van der Waals surface area contributed by atoms with Crippen LogP contribution in [0.3, 0.4) is 0 Å². The highest BCUT2D eigenvalue weighted by Gasteiger charge is 2.22. The second-order valence-electron chi connectivity index (χ2n) is 7.12. The fraction of sp³-hybridized carbons (Fsp3) is 0.700. The molecule has 0 saturated carbocycles. The molecule has 170 valence electrons. The molecule has 10 heteroatoms. The zero-order valence-corrected chi connectivity index (χ0v) is 18.6. The fourth-order valence-electron chi connectivity index (χ4n) is 2.72. The predicted molar refractivity (Wildman–Crippen MR) is 119 cm³/mol. The van der Waals surface area contributed by atoms with Gasteiger partial charge < -0.3 is 20.8 Å². The van der Waals surface area contributed by atoms with E-state index < -0.39 is 18.8 Å². The molecular formula is C20H35N5O4S. The standard InChI is InChI=1S/C20H35N5O4S/c1-3-5-6-7-8-9-10-19(28)21-17(15-30-11-4-2)20(29)22-18-13-25(24-23-18)12-16(27)14-26/h4,13,16-17,26-27H,2-3,5-12,14-15H2,1H3,(H,21,28)(H,22,29)/t16-,17-/m1/s1. The van der Waals surface area contributed by atoms with Gasteiger partial charge in [-0.1, -0.05) is 44.2 Å². The molecule has 0 saturated heterocycles. The molecule has 2 amide bonds. The number of aromatic nitrogens is 3. The van der Waals surface area contributed by atoms with E-state index in [-0.39, 0.29) is 24.2 Å². The van der Waals surface area contributed by atoms with Crippen LogP contribution >= 0.6 is 11.8 Å². The zero-order valence-electron chi connectivity index (χ0n) is 17.8. The van der Waals surface area contributed by atoms with E-state index in [4.69, 9.17) is 5.11 Å². The highest BCUT2D eigenvalue weighted by atomic mass is 32.2. The molecule has 1 aromatic rings. The second-order valence-corrected chi connectivity index (χ2v) is 8.19. The molecule has 0 aliphatic rings. The Morgan fingerprint density at radius 2 is 2.03 bits per heavy atom. The lowest BCUT2D eigenvalue weighted by Crippen LogP contribution is -2.45. The minimum absolute atomic E-state index is 0.0625. The molecule has 9 nitrogen and oxygen atoms in total. The summed E-state index contributed by atoms with van der Waals surface area (Å²) in [5.41, 5.74) is 0. The van der Waals surface area contributed by atoms with Crippen LogP contribution in [0.2, 0.25) is 0 Å². The summed E-state index contributed by atoms with van der Waals surface area (Å²) >= 11 is 1.50. The van der Waals surface area contributed by atoms with E-state index in [2.05, 4.69) is 34.8 Å². The number of unbranched alkanes of at least 4 members (excludes halogenated alkanes) is 5. The second kappa shape index (κ2) is 16.1. The zero-order chi connectivity index (χ0) is 22.2. The molecule has 30 heavy (non-hydrogen) atoms. The van der Waals surface area contributed by atoms with Gasteiger partial charge in [-0.3, -0.25) is 9.59 Å². The molecule has 0 spiro atoms. The Morgan fingerprint density at radius 3 is 2.73 bits per heavy atom. The van der Waals surface area contributed by atoms with Crippen LogP contribution in [0.4, 0.5) is 5.82 Å². The van der Waals surface area contributed by atoms with Crippen molar-refractivity contribution in [2.45, 2.75) is 70.6 Å². The fourth-order valence-corrected chi connectivity index (χ4v) is 3.49. The minimum atomic E-state index is -0.959. The van der Waals surface area contributed by atoms with Crippen LogP contribution < -0.4 is 10.6 Å². The molecule has 4 N–H and O–H groups in total. The number of anilines is 1. The summed E-state index contributed by atoms with van der Waals surface area (Å²) in [5.74, 6) is 0.787. The number of aliphatic hydroxyl groups excluding tert-OH is 2.